The van der Waals surface area contributed by atoms with Crippen molar-refractivity contribution in [2.75, 3.05) is 6.61 Å². The molecule has 1 nitrogen and oxygen atoms in total. The topological polar surface area (TPSA) is 9.23 Å². The number of ether oxygens (including phenoxy) is 1. The summed E-state index contributed by atoms with van der Waals surface area (Å²) in [6.45, 7) is 7.80. The molecule has 0 saturated heterocycles. The molecular formula is C30H42O. The van der Waals surface area contributed by atoms with Gasteiger partial charge in [0.2, 0.25) is 0 Å². The van der Waals surface area contributed by atoms with Gasteiger partial charge >= 0.3 is 0 Å². The first-order chi connectivity index (χ1) is 15.2. The molecule has 2 aromatic rings. The predicted molar refractivity (Wildman–Crippen MR) is 136 cm³/mol. The van der Waals surface area contributed by atoms with Gasteiger partial charge in [-0.1, -0.05) is 102 Å². The van der Waals surface area contributed by atoms with Crippen molar-refractivity contribution < 1.29 is 4.74 Å². The minimum atomic E-state index is 0.815. The monoisotopic (exact) mass is 418 g/mol. The minimum absolute atomic E-state index is 0.815. The number of unbranched alkanes of at least 4 members (excludes halogenated alkanes) is 4. The average molecular weight is 419 g/mol. The summed E-state index contributed by atoms with van der Waals surface area (Å²) in [5.41, 5.74) is 5.47. The average Bonchev–Trinajstić information content (AvgIpc) is 2.83. The fourth-order valence-corrected chi connectivity index (χ4v) is 4.75. The molecule has 3 rings (SSSR count). The molecule has 0 bridgehead atoms. The molecule has 31 heavy (non-hydrogen) atoms. The molecule has 1 heteroatoms. The van der Waals surface area contributed by atoms with Crippen molar-refractivity contribution in [1.29, 1.82) is 0 Å². The third-order valence-electron chi connectivity index (χ3n) is 6.98. The minimum Gasteiger partial charge on any atom is -0.494 e. The predicted octanol–water partition coefficient (Wildman–Crippen LogP) is 9.32. The highest BCUT2D eigenvalue weighted by Crippen LogP contribution is 2.36. The van der Waals surface area contributed by atoms with Gasteiger partial charge in [-0.25, -0.2) is 0 Å². The largest absolute Gasteiger partial charge is 0.494 e. The van der Waals surface area contributed by atoms with E-state index in [0.717, 1.165) is 30.6 Å². The Morgan fingerprint density at radius 1 is 0.806 bits per heavy atom. The Balaban J connectivity index is 1.53. The molecular weight excluding hydrogens is 376 g/mol. The van der Waals surface area contributed by atoms with Gasteiger partial charge in [0.15, 0.2) is 0 Å². The molecule has 0 spiro atoms. The van der Waals surface area contributed by atoms with E-state index in [-0.39, 0.29) is 0 Å². The number of allylic oxidation sites excluding steroid dienone is 2. The Labute approximate surface area is 190 Å². The van der Waals surface area contributed by atoms with Crippen LogP contribution in [0.4, 0.5) is 0 Å². The second-order valence-corrected chi connectivity index (χ2v) is 9.39. The molecule has 0 radical (unpaired) electrons. The fraction of sp³-hybridized carbons (Fsp3) is 0.533. The Morgan fingerprint density at radius 3 is 2.03 bits per heavy atom. The van der Waals surface area contributed by atoms with Gasteiger partial charge < -0.3 is 4.74 Å². The zero-order valence-electron chi connectivity index (χ0n) is 20.0. The first-order valence-electron chi connectivity index (χ1n) is 12.7. The molecule has 2 aromatic carbocycles. The lowest BCUT2D eigenvalue weighted by Crippen LogP contribution is -2.14. The van der Waals surface area contributed by atoms with Crippen LogP contribution < -0.4 is 4.74 Å². The molecule has 0 aliphatic heterocycles. The fourth-order valence-electron chi connectivity index (χ4n) is 4.75. The molecule has 0 saturated carbocycles. The summed E-state index contributed by atoms with van der Waals surface area (Å²) in [7, 11) is 0. The maximum absolute atomic E-state index is 5.84. The number of hydrogen-bond acceptors (Lipinski definition) is 1. The Morgan fingerprint density at radius 2 is 1.42 bits per heavy atom. The zero-order valence-corrected chi connectivity index (χ0v) is 20.0. The third kappa shape index (κ3) is 7.27. The standard InChI is InChI=1S/C30H42O/c1-4-6-8-10-24(3)25-11-13-26(14-12-25)27-15-17-28(18-16-27)29-19-21-30(22-20-29)31-23-9-7-5-2/h13,15-22,24-25H,4-12,14,23H2,1-3H3. The number of benzene rings is 2. The van der Waals surface area contributed by atoms with Crippen molar-refractivity contribution >= 4 is 5.57 Å². The van der Waals surface area contributed by atoms with Crippen LogP contribution in [0.5, 0.6) is 5.75 Å². The van der Waals surface area contributed by atoms with Crippen molar-refractivity contribution in [2.24, 2.45) is 11.8 Å². The van der Waals surface area contributed by atoms with E-state index in [1.165, 1.54) is 74.5 Å². The van der Waals surface area contributed by atoms with Crippen molar-refractivity contribution in [3.63, 3.8) is 0 Å². The zero-order chi connectivity index (χ0) is 21.9. The maximum Gasteiger partial charge on any atom is 0.119 e. The van der Waals surface area contributed by atoms with E-state index in [0.29, 0.717) is 0 Å². The van der Waals surface area contributed by atoms with Crippen LogP contribution in [0.1, 0.15) is 90.5 Å². The van der Waals surface area contributed by atoms with Crippen LogP contribution >= 0.6 is 0 Å². The van der Waals surface area contributed by atoms with E-state index in [4.69, 9.17) is 4.74 Å². The van der Waals surface area contributed by atoms with Crippen molar-refractivity contribution in [3.8, 4) is 16.9 Å². The van der Waals surface area contributed by atoms with Gasteiger partial charge in [0, 0.05) is 0 Å². The second-order valence-electron chi connectivity index (χ2n) is 9.39. The molecule has 2 atom stereocenters. The van der Waals surface area contributed by atoms with Gasteiger partial charge in [-0.3, -0.25) is 0 Å². The van der Waals surface area contributed by atoms with E-state index >= 15 is 0 Å². The van der Waals surface area contributed by atoms with Crippen LogP contribution in [0.3, 0.4) is 0 Å². The van der Waals surface area contributed by atoms with Crippen LogP contribution in [-0.2, 0) is 0 Å². The summed E-state index contributed by atoms with van der Waals surface area (Å²) < 4.78 is 5.84. The summed E-state index contributed by atoms with van der Waals surface area (Å²) >= 11 is 0. The lowest BCUT2D eigenvalue weighted by atomic mass is 9.78. The normalized spacial score (nSPS) is 17.3. The number of rotatable bonds is 12. The van der Waals surface area contributed by atoms with E-state index in [1.807, 2.05) is 0 Å². The molecule has 1 aliphatic rings. The highest BCUT2D eigenvalue weighted by Gasteiger charge is 2.20. The Bertz CT molecular complexity index is 784. The van der Waals surface area contributed by atoms with Crippen molar-refractivity contribution in [2.45, 2.75) is 85.0 Å². The Kier molecular flexibility index (Phi) is 9.72. The molecule has 1 aliphatic carbocycles. The molecule has 0 aromatic heterocycles. The van der Waals surface area contributed by atoms with Crippen LogP contribution in [0.2, 0.25) is 0 Å². The number of hydrogen-bond donors (Lipinski definition) is 0. The van der Waals surface area contributed by atoms with E-state index in [1.54, 1.807) is 5.57 Å². The van der Waals surface area contributed by atoms with Crippen LogP contribution in [0.15, 0.2) is 54.6 Å². The van der Waals surface area contributed by atoms with E-state index < -0.39 is 0 Å². The van der Waals surface area contributed by atoms with Crippen molar-refractivity contribution in [3.05, 3.63) is 60.2 Å². The smallest absolute Gasteiger partial charge is 0.119 e. The molecule has 2 unspecified atom stereocenters. The lowest BCUT2D eigenvalue weighted by Gasteiger charge is -2.27. The SMILES string of the molecule is CCCCCOc1ccc(-c2ccc(C3=CCC(C(C)CCCCC)CC3)cc2)cc1. The second kappa shape index (κ2) is 12.7. The van der Waals surface area contributed by atoms with Gasteiger partial charge in [0.25, 0.3) is 0 Å². The molecule has 168 valence electrons. The van der Waals surface area contributed by atoms with Crippen molar-refractivity contribution in [1.82, 2.24) is 0 Å². The summed E-state index contributed by atoms with van der Waals surface area (Å²) in [6.07, 6.45) is 15.5. The summed E-state index contributed by atoms with van der Waals surface area (Å²) in [4.78, 5) is 0. The summed E-state index contributed by atoms with van der Waals surface area (Å²) in [5, 5.41) is 0. The molecule has 0 N–H and O–H groups in total. The van der Waals surface area contributed by atoms with Crippen LogP contribution in [-0.4, -0.2) is 6.61 Å². The van der Waals surface area contributed by atoms with Gasteiger partial charge in [0.05, 0.1) is 6.61 Å². The van der Waals surface area contributed by atoms with Gasteiger partial charge in [0.1, 0.15) is 5.75 Å². The quantitative estimate of drug-likeness (QED) is 0.312. The van der Waals surface area contributed by atoms with Crippen LogP contribution in [0.25, 0.3) is 16.7 Å². The third-order valence-corrected chi connectivity index (χ3v) is 6.98. The first-order valence-corrected chi connectivity index (χ1v) is 12.7. The Hall–Kier alpha value is -2.02. The molecule has 0 heterocycles. The highest BCUT2D eigenvalue weighted by atomic mass is 16.5. The van der Waals surface area contributed by atoms with Gasteiger partial charge in [-0.2, -0.15) is 0 Å². The highest BCUT2D eigenvalue weighted by molar-refractivity contribution is 5.71. The van der Waals surface area contributed by atoms with E-state index in [9.17, 15) is 0 Å². The van der Waals surface area contributed by atoms with Crippen LogP contribution in [0, 0.1) is 11.8 Å². The lowest BCUT2D eigenvalue weighted by molar-refractivity contribution is 0.306. The summed E-state index contributed by atoms with van der Waals surface area (Å²) in [5.74, 6) is 2.72. The van der Waals surface area contributed by atoms with E-state index in [2.05, 4.69) is 75.4 Å². The van der Waals surface area contributed by atoms with Gasteiger partial charge in [-0.05, 0) is 71.9 Å². The summed E-state index contributed by atoms with van der Waals surface area (Å²) in [6, 6.07) is 17.7. The first kappa shape index (κ1) is 23.6. The maximum atomic E-state index is 5.84. The molecule has 0 amide bonds. The molecule has 0 fully saturated rings. The van der Waals surface area contributed by atoms with Gasteiger partial charge in [-0.15, -0.1) is 0 Å².